The number of fused-ring (bicyclic) bond motifs is 1. The Labute approximate surface area is 261 Å². The van der Waals surface area contributed by atoms with Crippen LogP contribution in [-0.4, -0.2) is 72.4 Å². The van der Waals surface area contributed by atoms with E-state index in [9.17, 15) is 13.2 Å². The van der Waals surface area contributed by atoms with Crippen LogP contribution >= 0.6 is 23.2 Å². The fourth-order valence-electron chi connectivity index (χ4n) is 5.32. The summed E-state index contributed by atoms with van der Waals surface area (Å²) in [4.78, 5) is 23.3. The lowest BCUT2D eigenvalue weighted by atomic mass is 10.1. The highest BCUT2D eigenvalue weighted by Crippen LogP contribution is 2.35. The van der Waals surface area contributed by atoms with Gasteiger partial charge in [-0.15, -0.1) is 0 Å². The van der Waals surface area contributed by atoms with E-state index in [0.29, 0.717) is 36.3 Å². The summed E-state index contributed by atoms with van der Waals surface area (Å²) in [6.45, 7) is 3.64. The maximum Gasteiger partial charge on any atom is 0.237 e. The van der Waals surface area contributed by atoms with Gasteiger partial charge in [-0.2, -0.15) is 0 Å². The second-order valence-corrected chi connectivity index (χ2v) is 13.2. The number of imidazole rings is 1. The summed E-state index contributed by atoms with van der Waals surface area (Å²) in [5.74, 6) is 0.0195. The van der Waals surface area contributed by atoms with Crippen LogP contribution in [0.5, 0.6) is 5.75 Å². The Balaban J connectivity index is 1.36. The first-order valence-corrected chi connectivity index (χ1v) is 16.5. The first kappa shape index (κ1) is 31.2. The second-order valence-electron chi connectivity index (χ2n) is 10.5. The molecule has 1 unspecified atom stereocenters. The monoisotopic (exact) mass is 644 g/mol. The lowest BCUT2D eigenvalue weighted by Gasteiger charge is -2.24. The van der Waals surface area contributed by atoms with Crippen molar-refractivity contribution in [1.29, 1.82) is 0 Å². The molecule has 0 saturated carbocycles. The number of sulfone groups is 1. The van der Waals surface area contributed by atoms with Gasteiger partial charge in [0.1, 0.15) is 23.7 Å². The average molecular weight is 646 g/mol. The zero-order valence-corrected chi connectivity index (χ0v) is 26.3. The number of hydrogen-bond acceptors (Lipinski definition) is 8. The van der Waals surface area contributed by atoms with Crippen LogP contribution < -0.4 is 15.4 Å². The van der Waals surface area contributed by atoms with E-state index in [1.165, 1.54) is 12.1 Å². The number of benzene rings is 2. The molecule has 0 aliphatic carbocycles. The molecule has 1 aliphatic heterocycles. The van der Waals surface area contributed by atoms with Gasteiger partial charge in [0.25, 0.3) is 0 Å². The molecule has 5 rings (SSSR count). The van der Waals surface area contributed by atoms with Gasteiger partial charge >= 0.3 is 0 Å². The topological polar surface area (TPSA) is 118 Å². The van der Waals surface area contributed by atoms with Crippen molar-refractivity contribution in [3.63, 3.8) is 0 Å². The molecule has 0 radical (unpaired) electrons. The standard InChI is InChI=1S/C30H34Cl2N6O4S/c1-20-16-25(37-15-13-34-18-37)21-6-3-8-26(29(21)36-20)42-17-22-23(31)9-10-27(28(22)32)43(40,41)19-38-14-4-7-24(38)30(39)35-12-5-11-33-2/h3,6,8-10,13,15-16,18,24,33H,4-5,7,11-12,14,17,19H2,1-2H3,(H,35,39). The van der Waals surface area contributed by atoms with Gasteiger partial charge in [0.05, 0.1) is 28.0 Å². The Bertz CT molecular complexity index is 1720. The van der Waals surface area contributed by atoms with Crippen LogP contribution in [0.3, 0.4) is 0 Å². The Morgan fingerprint density at radius 2 is 2.02 bits per heavy atom. The first-order valence-electron chi connectivity index (χ1n) is 14.1. The quantitative estimate of drug-likeness (QED) is 0.216. The van der Waals surface area contributed by atoms with Gasteiger partial charge in [0, 0.05) is 47.1 Å². The largest absolute Gasteiger partial charge is 0.487 e. The zero-order valence-electron chi connectivity index (χ0n) is 24.0. The zero-order chi connectivity index (χ0) is 30.6. The number of carbonyl (C=O) groups excluding carboxylic acids is 1. The van der Waals surface area contributed by atoms with Gasteiger partial charge in [-0.1, -0.05) is 35.3 Å². The summed E-state index contributed by atoms with van der Waals surface area (Å²) in [5, 5.41) is 7.11. The molecule has 13 heteroatoms. The molecule has 0 spiro atoms. The molecule has 4 aromatic rings. The van der Waals surface area contributed by atoms with E-state index in [0.717, 1.165) is 36.2 Å². The van der Waals surface area contributed by atoms with E-state index in [-0.39, 0.29) is 33.3 Å². The highest BCUT2D eigenvalue weighted by Gasteiger charge is 2.35. The summed E-state index contributed by atoms with van der Waals surface area (Å²) in [6.07, 6.45) is 7.40. The molecule has 2 aromatic carbocycles. The number of aryl methyl sites for hydroxylation is 1. The number of nitrogens with one attached hydrogen (secondary N) is 2. The van der Waals surface area contributed by atoms with Crippen LogP contribution in [0.25, 0.3) is 16.6 Å². The van der Waals surface area contributed by atoms with Crippen molar-refractivity contribution in [3.05, 3.63) is 76.4 Å². The van der Waals surface area contributed by atoms with E-state index >= 15 is 0 Å². The number of likely N-dealkylation sites (tertiary alicyclic amines) is 1. The minimum absolute atomic E-state index is 0.00300. The second kappa shape index (κ2) is 13.6. The number of nitrogens with zero attached hydrogens (tertiary/aromatic N) is 4. The molecule has 1 atom stereocenters. The number of carbonyl (C=O) groups is 1. The molecule has 2 aromatic heterocycles. The smallest absolute Gasteiger partial charge is 0.237 e. The van der Waals surface area contributed by atoms with E-state index in [4.69, 9.17) is 32.9 Å². The van der Waals surface area contributed by atoms with Crippen LogP contribution in [0.1, 0.15) is 30.5 Å². The van der Waals surface area contributed by atoms with E-state index in [1.54, 1.807) is 23.5 Å². The summed E-state index contributed by atoms with van der Waals surface area (Å²) < 4.78 is 35.3. The van der Waals surface area contributed by atoms with Crippen molar-refractivity contribution in [1.82, 2.24) is 30.1 Å². The fraction of sp³-hybridized carbons (Fsp3) is 0.367. The fourth-order valence-corrected chi connectivity index (χ4v) is 7.71. The summed E-state index contributed by atoms with van der Waals surface area (Å²) in [7, 11) is -2.04. The van der Waals surface area contributed by atoms with Crippen molar-refractivity contribution in [2.45, 2.75) is 43.7 Å². The SMILES string of the molecule is CNCCCNC(=O)C1CCCN1CS(=O)(=O)c1ccc(Cl)c(COc2cccc3c(-n4ccnc4)cc(C)nc23)c1Cl. The third kappa shape index (κ3) is 6.97. The maximum atomic E-state index is 13.6. The van der Waals surface area contributed by atoms with E-state index in [1.807, 2.05) is 42.9 Å². The molecule has 0 bridgehead atoms. The first-order chi connectivity index (χ1) is 20.7. The van der Waals surface area contributed by atoms with Crippen LogP contribution in [0.2, 0.25) is 10.0 Å². The molecular weight excluding hydrogens is 611 g/mol. The van der Waals surface area contributed by atoms with Gasteiger partial charge in [-0.25, -0.2) is 18.4 Å². The molecule has 228 valence electrons. The number of pyridine rings is 1. The molecule has 2 N–H and O–H groups in total. The normalized spacial score (nSPS) is 15.7. The third-order valence-electron chi connectivity index (χ3n) is 7.45. The average Bonchev–Trinajstić information content (AvgIpc) is 3.67. The van der Waals surface area contributed by atoms with Gasteiger partial charge in [0.15, 0.2) is 9.84 Å². The number of hydrogen-bond donors (Lipinski definition) is 2. The Morgan fingerprint density at radius 3 is 2.79 bits per heavy atom. The van der Waals surface area contributed by atoms with Gasteiger partial charge < -0.3 is 19.9 Å². The lowest BCUT2D eigenvalue weighted by Crippen LogP contribution is -2.45. The van der Waals surface area contributed by atoms with Crippen LogP contribution in [0.4, 0.5) is 0 Å². The van der Waals surface area contributed by atoms with Crippen LogP contribution in [-0.2, 0) is 21.2 Å². The van der Waals surface area contributed by atoms with Crippen molar-refractivity contribution in [3.8, 4) is 11.4 Å². The molecule has 1 fully saturated rings. The van der Waals surface area contributed by atoms with Crippen LogP contribution in [0.15, 0.2) is 60.0 Å². The number of ether oxygens (including phenoxy) is 1. The minimum Gasteiger partial charge on any atom is -0.487 e. The maximum absolute atomic E-state index is 13.6. The number of para-hydroxylation sites is 1. The third-order valence-corrected chi connectivity index (χ3v) is 10.0. The summed E-state index contributed by atoms with van der Waals surface area (Å²) in [5.41, 5.74) is 2.69. The van der Waals surface area contributed by atoms with E-state index < -0.39 is 15.9 Å². The highest BCUT2D eigenvalue weighted by molar-refractivity contribution is 7.91. The summed E-state index contributed by atoms with van der Waals surface area (Å²) >= 11 is 13.2. The van der Waals surface area contributed by atoms with Crippen molar-refractivity contribution in [2.75, 3.05) is 32.6 Å². The number of halogens is 2. The van der Waals surface area contributed by atoms with E-state index in [2.05, 4.69) is 15.6 Å². The minimum atomic E-state index is -3.89. The molecule has 43 heavy (non-hydrogen) atoms. The van der Waals surface area contributed by atoms with Crippen LogP contribution in [0, 0.1) is 6.92 Å². The predicted octanol–water partition coefficient (Wildman–Crippen LogP) is 4.54. The molecular formula is C30H34Cl2N6O4S. The Kier molecular flexibility index (Phi) is 9.88. The van der Waals surface area contributed by atoms with Crippen molar-refractivity contribution in [2.24, 2.45) is 0 Å². The Morgan fingerprint density at radius 1 is 1.19 bits per heavy atom. The predicted molar refractivity (Wildman–Crippen MR) is 168 cm³/mol. The van der Waals surface area contributed by atoms with Crippen molar-refractivity contribution >= 4 is 49.8 Å². The van der Waals surface area contributed by atoms with Gasteiger partial charge in [0.2, 0.25) is 5.91 Å². The molecule has 1 aliphatic rings. The lowest BCUT2D eigenvalue weighted by molar-refractivity contribution is -0.125. The number of rotatable bonds is 12. The van der Waals surface area contributed by atoms with Gasteiger partial charge in [-0.05, 0) is 64.0 Å². The molecule has 1 saturated heterocycles. The molecule has 1 amide bonds. The number of aromatic nitrogens is 3. The highest BCUT2D eigenvalue weighted by atomic mass is 35.5. The Hall–Kier alpha value is -3.22. The summed E-state index contributed by atoms with van der Waals surface area (Å²) in [6, 6.07) is 9.99. The molecule has 10 nitrogen and oxygen atoms in total. The van der Waals surface area contributed by atoms with Crippen molar-refractivity contribution < 1.29 is 17.9 Å². The molecule has 3 heterocycles. The number of amides is 1. The van der Waals surface area contributed by atoms with Gasteiger partial charge in [-0.3, -0.25) is 9.69 Å².